The van der Waals surface area contributed by atoms with Gasteiger partial charge >= 0.3 is 18.3 Å². The molecule has 0 unspecified atom stereocenters. The van der Waals surface area contributed by atoms with Crippen molar-refractivity contribution in [2.75, 3.05) is 45.9 Å². The second-order valence-electron chi connectivity index (χ2n) is 11.2. The Morgan fingerprint density at radius 2 is 1.60 bits per heavy atom. The lowest BCUT2D eigenvalue weighted by Crippen LogP contribution is -2.58. The first-order chi connectivity index (χ1) is 20.3. The zero-order chi connectivity index (χ0) is 31.4. The number of amides is 1. The molecule has 2 aromatic carbocycles. The van der Waals surface area contributed by atoms with Gasteiger partial charge in [-0.2, -0.15) is 0 Å². The number of carboxylic acids is 1. The molecule has 4 rings (SSSR count). The van der Waals surface area contributed by atoms with Crippen molar-refractivity contribution in [3.8, 4) is 22.6 Å². The molecule has 1 amide bonds. The van der Waals surface area contributed by atoms with E-state index in [4.69, 9.17) is 14.6 Å². The van der Waals surface area contributed by atoms with Crippen LogP contribution in [0.4, 0.5) is 17.6 Å². The maximum absolute atomic E-state index is 13.7. The van der Waals surface area contributed by atoms with E-state index in [0.29, 0.717) is 54.2 Å². The third-order valence-electron chi connectivity index (χ3n) is 8.03. The summed E-state index contributed by atoms with van der Waals surface area (Å²) < 4.78 is 68.1. The number of alkyl halides is 3. The van der Waals surface area contributed by atoms with Crippen LogP contribution in [0, 0.1) is 11.2 Å². The fourth-order valence-electron chi connectivity index (χ4n) is 6.18. The third-order valence-corrected chi connectivity index (χ3v) is 8.03. The van der Waals surface area contributed by atoms with Crippen LogP contribution >= 0.6 is 0 Å². The molecule has 9 nitrogen and oxygen atoms in total. The van der Waals surface area contributed by atoms with Crippen molar-refractivity contribution in [3.63, 3.8) is 0 Å². The number of benzene rings is 2. The molecule has 0 bridgehead atoms. The zero-order valence-electron chi connectivity index (χ0n) is 24.0. The average Bonchev–Trinajstić information content (AvgIpc) is 3.20. The van der Waals surface area contributed by atoms with Crippen molar-refractivity contribution in [1.82, 2.24) is 4.90 Å². The molecule has 1 spiro atoms. The monoisotopic (exact) mass is 611 g/mol. The van der Waals surface area contributed by atoms with Crippen LogP contribution in [0.5, 0.6) is 11.5 Å². The Kier molecular flexibility index (Phi) is 9.53. The number of esters is 1. The molecule has 2 saturated heterocycles. The number of carbonyl (C=O) groups is 3. The van der Waals surface area contributed by atoms with Crippen LogP contribution in [0.3, 0.4) is 0 Å². The number of carboxylic acid groups (broad SMARTS) is 1. The van der Waals surface area contributed by atoms with E-state index in [2.05, 4.69) is 4.74 Å². The van der Waals surface area contributed by atoms with Crippen molar-refractivity contribution < 1.29 is 55.7 Å². The first-order valence-electron chi connectivity index (χ1n) is 14.1. The highest BCUT2D eigenvalue weighted by Gasteiger charge is 2.51. The fourth-order valence-corrected chi connectivity index (χ4v) is 6.18. The van der Waals surface area contributed by atoms with Crippen LogP contribution in [-0.2, 0) is 25.7 Å². The van der Waals surface area contributed by atoms with Crippen LogP contribution in [-0.4, -0.2) is 84.6 Å². The molecule has 2 heterocycles. The molecule has 0 atom stereocenters. The Hall–Kier alpha value is -3.87. The number of hydrogen-bond acceptors (Lipinski definition) is 6. The highest BCUT2D eigenvalue weighted by Crippen LogP contribution is 2.45. The molecule has 0 aromatic heterocycles. The first kappa shape index (κ1) is 32.1. The quantitative estimate of drug-likeness (QED) is 0.222. The summed E-state index contributed by atoms with van der Waals surface area (Å²) in [5.41, 5.74) is 1.36. The van der Waals surface area contributed by atoms with Gasteiger partial charge < -0.3 is 28.7 Å². The van der Waals surface area contributed by atoms with Crippen LogP contribution in [0.15, 0.2) is 36.4 Å². The number of ether oxygens (including phenoxy) is 3. The largest absolute Gasteiger partial charge is 0.575 e. The summed E-state index contributed by atoms with van der Waals surface area (Å²) in [4.78, 5) is 37.5. The lowest BCUT2D eigenvalue weighted by atomic mass is 9.76. The maximum atomic E-state index is 13.7. The van der Waals surface area contributed by atoms with Gasteiger partial charge in [0.25, 0.3) is 0 Å². The highest BCUT2D eigenvalue weighted by atomic mass is 19.4. The van der Waals surface area contributed by atoms with Gasteiger partial charge in [-0.15, -0.1) is 13.2 Å². The molecule has 234 valence electrons. The van der Waals surface area contributed by atoms with Crippen LogP contribution in [0.25, 0.3) is 11.1 Å². The molecule has 0 aliphatic carbocycles. The van der Waals surface area contributed by atoms with Gasteiger partial charge in [0.05, 0.1) is 31.9 Å². The highest BCUT2D eigenvalue weighted by molar-refractivity contribution is 5.84. The molecule has 0 radical (unpaired) electrons. The number of aliphatic carboxylic acids is 1. The first-order valence-corrected chi connectivity index (χ1v) is 14.1. The lowest BCUT2D eigenvalue weighted by Gasteiger charge is -2.46. The second kappa shape index (κ2) is 12.8. The summed E-state index contributed by atoms with van der Waals surface area (Å²) in [6.07, 6.45) is -4.19. The number of nitrogens with zero attached hydrogens (tertiary/aromatic N) is 2. The standard InChI is InChI=1S/C30H34F4N2O7/c1-3-41-23-13-20(14-24(42-4-2)28(23)21-5-7-22(31)8-6-21)17-36(18-27(40)43-30(32,33)34)11-9-29(10-12-36)15-25(37)35(19-29)16-26(38)39/h5-8,13-14H,3-4,9-12,15-19H2,1-2H3/p+1. The Morgan fingerprint density at radius 1 is 1.02 bits per heavy atom. The van der Waals surface area contributed by atoms with Crippen LogP contribution in [0.2, 0.25) is 0 Å². The number of hydrogen-bond donors (Lipinski definition) is 1. The van der Waals surface area contributed by atoms with E-state index in [-0.39, 0.29) is 43.0 Å². The SMILES string of the molecule is CCOc1cc(C[N+]2(CC(=O)OC(F)(F)F)CCC3(CC2)CC(=O)N(CC(=O)O)C3)cc(OCC)c1-c1ccc(F)cc1. The molecule has 2 aliphatic heterocycles. The Labute approximate surface area is 246 Å². The fraction of sp³-hybridized carbons (Fsp3) is 0.500. The number of carbonyl (C=O) groups excluding carboxylic acids is 2. The van der Waals surface area contributed by atoms with Gasteiger partial charge in [0, 0.05) is 36.8 Å². The van der Waals surface area contributed by atoms with E-state index >= 15 is 0 Å². The van der Waals surface area contributed by atoms with Gasteiger partial charge in [0.15, 0.2) is 6.54 Å². The Morgan fingerprint density at radius 3 is 2.12 bits per heavy atom. The summed E-state index contributed by atoms with van der Waals surface area (Å²) >= 11 is 0. The minimum Gasteiger partial charge on any atom is -0.493 e. The third kappa shape index (κ3) is 7.95. The van der Waals surface area contributed by atoms with Crippen LogP contribution in [0.1, 0.15) is 38.7 Å². The zero-order valence-corrected chi connectivity index (χ0v) is 24.0. The predicted molar refractivity (Wildman–Crippen MR) is 145 cm³/mol. The molecule has 2 fully saturated rings. The molecule has 1 N–H and O–H groups in total. The van der Waals surface area contributed by atoms with E-state index in [1.165, 1.54) is 17.0 Å². The molecule has 0 saturated carbocycles. The molecule has 2 aromatic rings. The Bertz CT molecular complexity index is 1310. The molecule has 13 heteroatoms. The van der Waals surface area contributed by atoms with Crippen molar-refractivity contribution in [3.05, 3.63) is 47.8 Å². The number of piperidine rings is 1. The predicted octanol–water partition coefficient (Wildman–Crippen LogP) is 4.77. The molecular formula is C30H35F4N2O7+. The number of likely N-dealkylation sites (tertiary alicyclic amines) is 2. The average molecular weight is 612 g/mol. The summed E-state index contributed by atoms with van der Waals surface area (Å²) in [7, 11) is 0. The van der Waals surface area contributed by atoms with Gasteiger partial charge in [-0.3, -0.25) is 9.59 Å². The smallest absolute Gasteiger partial charge is 0.493 e. The minimum atomic E-state index is -5.13. The van der Waals surface area contributed by atoms with Gasteiger partial charge in [-0.25, -0.2) is 9.18 Å². The lowest BCUT2D eigenvalue weighted by molar-refractivity contribution is -0.940. The second-order valence-corrected chi connectivity index (χ2v) is 11.2. The summed E-state index contributed by atoms with van der Waals surface area (Å²) in [6, 6.07) is 9.32. The van der Waals surface area contributed by atoms with E-state index in [1.807, 2.05) is 0 Å². The molecule has 2 aliphatic rings. The number of rotatable bonds is 11. The summed E-state index contributed by atoms with van der Waals surface area (Å²) in [5.74, 6) is -2.36. The van der Waals surface area contributed by atoms with Gasteiger partial charge in [0.2, 0.25) is 5.91 Å². The van der Waals surface area contributed by atoms with Gasteiger partial charge in [-0.1, -0.05) is 12.1 Å². The number of halogens is 4. The molecule has 43 heavy (non-hydrogen) atoms. The Balaban J connectivity index is 1.68. The summed E-state index contributed by atoms with van der Waals surface area (Å²) in [5, 5.41) is 9.17. The van der Waals surface area contributed by atoms with Crippen molar-refractivity contribution in [2.45, 2.75) is 46.0 Å². The van der Waals surface area contributed by atoms with Crippen molar-refractivity contribution in [1.29, 1.82) is 0 Å². The van der Waals surface area contributed by atoms with Crippen molar-refractivity contribution >= 4 is 17.8 Å². The van der Waals surface area contributed by atoms with Gasteiger partial charge in [0.1, 0.15) is 30.4 Å². The maximum Gasteiger partial charge on any atom is 0.575 e. The van der Waals surface area contributed by atoms with Gasteiger partial charge in [-0.05, 0) is 43.7 Å². The van der Waals surface area contributed by atoms with Crippen molar-refractivity contribution in [2.24, 2.45) is 5.41 Å². The normalized spacial score (nSPS) is 22.1. The van der Waals surface area contributed by atoms with E-state index < -0.39 is 42.6 Å². The summed E-state index contributed by atoms with van der Waals surface area (Å²) in [6.45, 7) is 4.10. The van der Waals surface area contributed by atoms with Crippen LogP contribution < -0.4 is 9.47 Å². The van der Waals surface area contributed by atoms with E-state index in [1.54, 1.807) is 38.1 Å². The minimum absolute atomic E-state index is 0.0726. The topological polar surface area (TPSA) is 102 Å². The van der Waals surface area contributed by atoms with E-state index in [9.17, 15) is 31.9 Å². The van der Waals surface area contributed by atoms with E-state index in [0.717, 1.165) is 0 Å². The molecular weight excluding hydrogens is 576 g/mol. The number of quaternary nitrogens is 1.